The molecule has 1 amide bonds. The molecule has 0 spiro atoms. The van der Waals surface area contributed by atoms with E-state index in [2.05, 4.69) is 41.2 Å². The average Bonchev–Trinajstić information content (AvgIpc) is 3.06. The van der Waals surface area contributed by atoms with Crippen molar-refractivity contribution in [3.05, 3.63) is 59.5 Å². The lowest BCUT2D eigenvalue weighted by Crippen LogP contribution is -2.17. The zero-order chi connectivity index (χ0) is 19.4. The summed E-state index contributed by atoms with van der Waals surface area (Å²) in [5.74, 6) is 1.02. The van der Waals surface area contributed by atoms with Gasteiger partial charge in [0, 0.05) is 28.8 Å². The Bertz CT molecular complexity index is 937. The van der Waals surface area contributed by atoms with E-state index in [1.54, 1.807) is 29.2 Å². The van der Waals surface area contributed by atoms with Crippen molar-refractivity contribution in [3.8, 4) is 5.95 Å². The fourth-order valence-electron chi connectivity index (χ4n) is 2.27. The Morgan fingerprint density at radius 1 is 1.19 bits per heavy atom. The van der Waals surface area contributed by atoms with Crippen molar-refractivity contribution in [2.75, 3.05) is 11.1 Å². The van der Waals surface area contributed by atoms with Gasteiger partial charge in [-0.15, -0.1) is 11.8 Å². The van der Waals surface area contributed by atoms with Crippen LogP contribution >= 0.6 is 23.4 Å². The highest BCUT2D eigenvalue weighted by Crippen LogP contribution is 2.28. The molecule has 0 fully saturated rings. The van der Waals surface area contributed by atoms with E-state index in [-0.39, 0.29) is 17.1 Å². The molecule has 2 heterocycles. The first kappa shape index (κ1) is 19.4. The number of hydrogen-bond acceptors (Lipinski definition) is 5. The van der Waals surface area contributed by atoms with Gasteiger partial charge in [0.2, 0.25) is 5.91 Å². The molecule has 8 heteroatoms. The van der Waals surface area contributed by atoms with Crippen molar-refractivity contribution in [1.82, 2.24) is 19.7 Å². The lowest BCUT2D eigenvalue weighted by Gasteiger charge is -2.13. The fraction of sp³-hybridized carbons (Fsp3) is 0.263. The number of amides is 1. The van der Waals surface area contributed by atoms with Gasteiger partial charge >= 0.3 is 0 Å². The van der Waals surface area contributed by atoms with Crippen LogP contribution in [-0.4, -0.2) is 31.4 Å². The van der Waals surface area contributed by atoms with E-state index in [9.17, 15) is 4.79 Å². The maximum absolute atomic E-state index is 12.5. The molecule has 0 atom stereocenters. The molecule has 0 saturated carbocycles. The van der Waals surface area contributed by atoms with Crippen LogP contribution in [0.4, 0.5) is 5.82 Å². The number of benzene rings is 1. The number of anilines is 1. The molecular weight excluding hydrogens is 382 g/mol. The maximum Gasteiger partial charge on any atom is 0.252 e. The standard InChI is InChI=1S/C19H20ClN5OS/c1-19(2,3)15-11-16(25(24-15)18-21-9-6-10-22-18)23-17(26)12-27-14-8-5-4-7-13(14)20/h4-11H,12H2,1-3H3,(H,23,26). The minimum absolute atomic E-state index is 0.155. The second-order valence-electron chi connectivity index (χ2n) is 6.89. The van der Waals surface area contributed by atoms with Crippen molar-refractivity contribution >= 4 is 35.1 Å². The minimum Gasteiger partial charge on any atom is -0.310 e. The number of carbonyl (C=O) groups excluding carboxylic acids is 1. The number of thioether (sulfide) groups is 1. The van der Waals surface area contributed by atoms with Gasteiger partial charge in [-0.1, -0.05) is 44.5 Å². The first-order valence-corrected chi connectivity index (χ1v) is 9.76. The van der Waals surface area contributed by atoms with Crippen LogP contribution in [0.3, 0.4) is 0 Å². The number of rotatable bonds is 5. The number of hydrogen-bond donors (Lipinski definition) is 1. The van der Waals surface area contributed by atoms with Crippen molar-refractivity contribution in [1.29, 1.82) is 0 Å². The topological polar surface area (TPSA) is 72.7 Å². The Balaban J connectivity index is 1.80. The Morgan fingerprint density at radius 2 is 1.89 bits per heavy atom. The number of aromatic nitrogens is 4. The van der Waals surface area contributed by atoms with Crippen LogP contribution in [0.2, 0.25) is 5.02 Å². The normalized spacial score (nSPS) is 11.4. The summed E-state index contributed by atoms with van der Waals surface area (Å²) >= 11 is 7.53. The molecule has 6 nitrogen and oxygen atoms in total. The predicted octanol–water partition coefficient (Wildman–Crippen LogP) is 4.34. The molecule has 0 radical (unpaired) electrons. The van der Waals surface area contributed by atoms with E-state index in [1.807, 2.05) is 24.3 Å². The van der Waals surface area contributed by atoms with Crippen LogP contribution < -0.4 is 5.32 Å². The van der Waals surface area contributed by atoms with Crippen LogP contribution in [-0.2, 0) is 10.2 Å². The van der Waals surface area contributed by atoms with E-state index in [1.165, 1.54) is 11.8 Å². The van der Waals surface area contributed by atoms with Crippen LogP contribution in [0, 0.1) is 0 Å². The molecule has 0 saturated heterocycles. The number of nitrogens with zero attached hydrogens (tertiary/aromatic N) is 4. The van der Waals surface area contributed by atoms with E-state index in [0.29, 0.717) is 16.8 Å². The first-order valence-electron chi connectivity index (χ1n) is 8.40. The number of carbonyl (C=O) groups is 1. The summed E-state index contributed by atoms with van der Waals surface area (Å²) in [6.07, 6.45) is 3.28. The van der Waals surface area contributed by atoms with E-state index in [4.69, 9.17) is 11.6 Å². The molecule has 0 aliphatic heterocycles. The first-order chi connectivity index (χ1) is 12.8. The minimum atomic E-state index is -0.175. The number of halogens is 1. The van der Waals surface area contributed by atoms with E-state index >= 15 is 0 Å². The molecule has 0 bridgehead atoms. The molecule has 0 aliphatic carbocycles. The van der Waals surface area contributed by atoms with Gasteiger partial charge in [0.15, 0.2) is 0 Å². The number of nitrogens with one attached hydrogen (secondary N) is 1. The Morgan fingerprint density at radius 3 is 2.56 bits per heavy atom. The zero-order valence-electron chi connectivity index (χ0n) is 15.3. The third-order valence-corrected chi connectivity index (χ3v) is 5.20. The van der Waals surface area contributed by atoms with Gasteiger partial charge in [-0.2, -0.15) is 9.78 Å². The lowest BCUT2D eigenvalue weighted by molar-refractivity contribution is -0.113. The molecule has 2 aromatic heterocycles. The Labute approximate surface area is 167 Å². The van der Waals surface area contributed by atoms with Gasteiger partial charge in [0.1, 0.15) is 5.82 Å². The van der Waals surface area contributed by atoms with Crippen molar-refractivity contribution in [2.45, 2.75) is 31.1 Å². The lowest BCUT2D eigenvalue weighted by atomic mass is 9.92. The Kier molecular flexibility index (Phi) is 5.82. The molecule has 0 aliphatic rings. The van der Waals surface area contributed by atoms with E-state index < -0.39 is 0 Å². The highest BCUT2D eigenvalue weighted by molar-refractivity contribution is 8.00. The monoisotopic (exact) mass is 401 g/mol. The molecule has 1 aromatic carbocycles. The van der Waals surface area contributed by atoms with Crippen LogP contribution in [0.1, 0.15) is 26.5 Å². The van der Waals surface area contributed by atoms with Crippen molar-refractivity contribution in [3.63, 3.8) is 0 Å². The van der Waals surface area contributed by atoms with E-state index in [0.717, 1.165) is 10.6 Å². The van der Waals surface area contributed by atoms with Crippen LogP contribution in [0.25, 0.3) is 5.95 Å². The second-order valence-corrected chi connectivity index (χ2v) is 8.32. The quantitative estimate of drug-likeness (QED) is 0.643. The molecule has 140 valence electrons. The summed E-state index contributed by atoms with van der Waals surface area (Å²) < 4.78 is 1.55. The largest absolute Gasteiger partial charge is 0.310 e. The van der Waals surface area contributed by atoms with Crippen molar-refractivity contribution in [2.24, 2.45) is 0 Å². The smallest absolute Gasteiger partial charge is 0.252 e. The van der Waals surface area contributed by atoms with Gasteiger partial charge in [-0.25, -0.2) is 9.97 Å². The zero-order valence-corrected chi connectivity index (χ0v) is 16.9. The van der Waals surface area contributed by atoms with Gasteiger partial charge in [-0.3, -0.25) is 4.79 Å². The van der Waals surface area contributed by atoms with Gasteiger partial charge in [0.05, 0.1) is 16.5 Å². The van der Waals surface area contributed by atoms with Crippen LogP contribution in [0.5, 0.6) is 0 Å². The van der Waals surface area contributed by atoms with Crippen LogP contribution in [0.15, 0.2) is 53.7 Å². The predicted molar refractivity (Wildman–Crippen MR) is 109 cm³/mol. The van der Waals surface area contributed by atoms with Gasteiger partial charge in [-0.05, 0) is 18.2 Å². The molecule has 27 heavy (non-hydrogen) atoms. The summed E-state index contributed by atoms with van der Waals surface area (Å²) in [5, 5.41) is 8.13. The average molecular weight is 402 g/mol. The second kappa shape index (κ2) is 8.10. The SMILES string of the molecule is CC(C)(C)c1cc(NC(=O)CSc2ccccc2Cl)n(-c2ncccn2)n1. The molecular formula is C19H20ClN5OS. The molecule has 1 N–H and O–H groups in total. The Hall–Kier alpha value is -2.38. The summed E-state index contributed by atoms with van der Waals surface area (Å²) in [5.41, 5.74) is 0.662. The highest BCUT2D eigenvalue weighted by Gasteiger charge is 2.22. The van der Waals surface area contributed by atoms with Crippen molar-refractivity contribution < 1.29 is 4.79 Å². The molecule has 3 rings (SSSR count). The highest BCUT2D eigenvalue weighted by atomic mass is 35.5. The summed E-state index contributed by atoms with van der Waals surface area (Å²) in [7, 11) is 0. The summed E-state index contributed by atoms with van der Waals surface area (Å²) in [6, 6.07) is 11.0. The molecule has 0 unspecified atom stereocenters. The summed E-state index contributed by atoms with van der Waals surface area (Å²) in [6.45, 7) is 6.18. The molecule has 3 aromatic rings. The fourth-order valence-corrected chi connectivity index (χ4v) is 3.31. The van der Waals surface area contributed by atoms with Gasteiger partial charge < -0.3 is 5.32 Å². The maximum atomic E-state index is 12.5. The third kappa shape index (κ3) is 4.87. The third-order valence-electron chi connectivity index (χ3n) is 3.68. The summed E-state index contributed by atoms with van der Waals surface area (Å²) in [4.78, 5) is 21.8. The van der Waals surface area contributed by atoms with Gasteiger partial charge in [0.25, 0.3) is 5.95 Å².